The molecule has 0 heterocycles. The Morgan fingerprint density at radius 3 is 1.61 bits per heavy atom. The molecule has 1 N–H and O–H groups in total. The van der Waals surface area contributed by atoms with Gasteiger partial charge in [0.1, 0.15) is 12.0 Å². The minimum absolute atomic E-state index is 0.296. The molecule has 0 aliphatic carbocycles. The van der Waals surface area contributed by atoms with Crippen LogP contribution in [-0.4, -0.2) is 28.8 Å². The lowest BCUT2D eigenvalue weighted by atomic mass is 9.84. The molecule has 0 radical (unpaired) electrons. The van der Waals surface area contributed by atoms with E-state index in [9.17, 15) is 14.0 Å². The fourth-order valence-corrected chi connectivity index (χ4v) is 5.66. The van der Waals surface area contributed by atoms with Crippen LogP contribution in [0.2, 0.25) is 0 Å². The van der Waals surface area contributed by atoms with Gasteiger partial charge >= 0.3 is 0 Å². The van der Waals surface area contributed by atoms with E-state index in [1.807, 2.05) is 54.6 Å². The van der Waals surface area contributed by atoms with E-state index in [1.165, 1.54) is 6.92 Å². The molecule has 0 saturated carbocycles. The number of halogens is 1. The maximum absolute atomic E-state index is 12.8. The van der Waals surface area contributed by atoms with Crippen LogP contribution in [-0.2, 0) is 14.3 Å². The Labute approximate surface area is 190 Å². The number of carbonyl (C=O) groups excluding carboxylic acids is 2. The second-order valence-electron chi connectivity index (χ2n) is 6.92. The van der Waals surface area contributed by atoms with Crippen LogP contribution in [0.5, 0.6) is 0 Å². The van der Waals surface area contributed by atoms with Gasteiger partial charge in [-0.15, -0.1) is 11.8 Å². The van der Waals surface area contributed by atoms with Crippen LogP contribution < -0.4 is 5.32 Å². The molecule has 0 saturated heterocycles. The highest BCUT2D eigenvalue weighted by atomic mass is 32.2. The smallest absolute Gasteiger partial charge is 0.217 e. The molecule has 3 aromatic carbocycles. The molecule has 0 fully saturated rings. The minimum atomic E-state index is -0.819. The summed E-state index contributed by atoms with van der Waals surface area (Å²) in [6.45, 7) is 1.36. The third-order valence-electron chi connectivity index (χ3n) is 4.87. The molecule has 31 heavy (non-hydrogen) atoms. The number of rotatable bonds is 9. The second-order valence-corrected chi connectivity index (χ2v) is 9.06. The number of carbonyl (C=O) groups is 2. The van der Waals surface area contributed by atoms with E-state index in [4.69, 9.17) is 0 Å². The Morgan fingerprint density at radius 2 is 1.26 bits per heavy atom. The van der Waals surface area contributed by atoms with Crippen molar-refractivity contribution in [2.24, 2.45) is 0 Å². The molecule has 0 aromatic heterocycles. The third kappa shape index (κ3) is 5.57. The van der Waals surface area contributed by atoms with Crippen molar-refractivity contribution in [2.75, 3.05) is 11.8 Å². The normalized spacial score (nSPS) is 12.2. The molecule has 3 rings (SSSR count). The highest BCUT2D eigenvalue weighted by molar-refractivity contribution is 8.13. The predicted octanol–water partition coefficient (Wildman–Crippen LogP) is 5.40. The van der Waals surface area contributed by atoms with E-state index in [1.54, 1.807) is 11.8 Å². The summed E-state index contributed by atoms with van der Waals surface area (Å²) in [5, 5.41) is 2.31. The van der Waals surface area contributed by atoms with Crippen LogP contribution in [0.15, 0.2) is 91.0 Å². The highest BCUT2D eigenvalue weighted by Crippen LogP contribution is 2.48. The second kappa shape index (κ2) is 11.2. The summed E-state index contributed by atoms with van der Waals surface area (Å²) >= 11 is 2.15. The van der Waals surface area contributed by atoms with E-state index in [0.29, 0.717) is 17.5 Å². The van der Waals surface area contributed by atoms with Crippen molar-refractivity contribution in [1.82, 2.24) is 5.32 Å². The first kappa shape index (κ1) is 23.1. The summed E-state index contributed by atoms with van der Waals surface area (Å²) in [7, 11) is 0. The Balaban J connectivity index is 2.11. The number of thioether (sulfide) groups is 2. The van der Waals surface area contributed by atoms with Gasteiger partial charge in [0, 0.05) is 12.7 Å². The van der Waals surface area contributed by atoms with Gasteiger partial charge in [-0.1, -0.05) is 103 Å². The van der Waals surface area contributed by atoms with Gasteiger partial charge < -0.3 is 5.32 Å². The SMILES string of the molecule is CC(=O)NC(CSC(c1ccccc1)(c1ccccc1)c1ccccc1)C(=O)SCF. The van der Waals surface area contributed by atoms with Crippen LogP contribution in [0.25, 0.3) is 0 Å². The zero-order valence-corrected chi connectivity index (χ0v) is 18.8. The Kier molecular flexibility index (Phi) is 8.32. The first-order valence-electron chi connectivity index (χ1n) is 9.88. The summed E-state index contributed by atoms with van der Waals surface area (Å²) in [5.41, 5.74) is 3.18. The Morgan fingerprint density at radius 1 is 0.839 bits per heavy atom. The first-order chi connectivity index (χ1) is 15.1. The lowest BCUT2D eigenvalue weighted by Gasteiger charge is -2.36. The zero-order valence-electron chi connectivity index (χ0n) is 17.2. The van der Waals surface area contributed by atoms with Gasteiger partial charge in [0.15, 0.2) is 0 Å². The van der Waals surface area contributed by atoms with E-state index in [2.05, 4.69) is 41.7 Å². The van der Waals surface area contributed by atoms with Gasteiger partial charge in [0.2, 0.25) is 11.0 Å². The van der Waals surface area contributed by atoms with Gasteiger partial charge in [0.05, 0.1) is 4.75 Å². The van der Waals surface area contributed by atoms with Crippen LogP contribution in [0.1, 0.15) is 23.6 Å². The molecule has 3 aromatic rings. The molecular formula is C25H24FNO2S2. The van der Waals surface area contributed by atoms with Crippen LogP contribution in [0.4, 0.5) is 4.39 Å². The van der Waals surface area contributed by atoms with Gasteiger partial charge in [-0.25, -0.2) is 4.39 Å². The van der Waals surface area contributed by atoms with E-state index in [0.717, 1.165) is 16.7 Å². The van der Waals surface area contributed by atoms with Crippen molar-refractivity contribution in [1.29, 1.82) is 0 Å². The van der Waals surface area contributed by atoms with Crippen LogP contribution >= 0.6 is 23.5 Å². The maximum Gasteiger partial charge on any atom is 0.217 e. The molecule has 0 bridgehead atoms. The van der Waals surface area contributed by atoms with Crippen molar-refractivity contribution in [3.8, 4) is 0 Å². The van der Waals surface area contributed by atoms with Gasteiger partial charge in [-0.3, -0.25) is 9.59 Å². The summed E-state index contributed by atoms with van der Waals surface area (Å²) in [6, 6.07) is 28.7. The molecule has 0 spiro atoms. The first-order valence-corrected chi connectivity index (χ1v) is 11.8. The largest absolute Gasteiger partial charge is 0.345 e. The van der Waals surface area contributed by atoms with E-state index < -0.39 is 16.8 Å². The van der Waals surface area contributed by atoms with Crippen LogP contribution in [0, 0.1) is 0 Å². The number of benzene rings is 3. The lowest BCUT2D eigenvalue weighted by molar-refractivity contribution is -0.122. The Hall–Kier alpha value is -2.57. The third-order valence-corrected chi connectivity index (χ3v) is 7.18. The van der Waals surface area contributed by atoms with Gasteiger partial charge in [0.25, 0.3) is 0 Å². The highest BCUT2D eigenvalue weighted by Gasteiger charge is 2.38. The number of hydrogen-bond acceptors (Lipinski definition) is 4. The average molecular weight is 454 g/mol. The lowest BCUT2D eigenvalue weighted by Crippen LogP contribution is -2.42. The van der Waals surface area contributed by atoms with Crippen molar-refractivity contribution in [3.63, 3.8) is 0 Å². The Bertz CT molecular complexity index is 888. The number of hydrogen-bond donors (Lipinski definition) is 1. The number of nitrogens with one attached hydrogen (secondary N) is 1. The topological polar surface area (TPSA) is 46.2 Å². The summed E-state index contributed by atoms with van der Waals surface area (Å²) in [5.74, 6) is -0.0208. The van der Waals surface area contributed by atoms with Crippen LogP contribution in [0.3, 0.4) is 0 Å². The molecule has 1 atom stereocenters. The fourth-order valence-electron chi connectivity index (χ4n) is 3.55. The zero-order chi connectivity index (χ0) is 22.1. The molecule has 160 valence electrons. The average Bonchev–Trinajstić information content (AvgIpc) is 2.81. The molecular weight excluding hydrogens is 429 g/mol. The van der Waals surface area contributed by atoms with E-state index in [-0.39, 0.29) is 11.0 Å². The summed E-state index contributed by atoms with van der Waals surface area (Å²) < 4.78 is 12.2. The molecule has 1 unspecified atom stereocenters. The fraction of sp³-hybridized carbons (Fsp3) is 0.200. The number of amides is 1. The molecule has 0 aliphatic heterocycles. The van der Waals surface area contributed by atoms with E-state index >= 15 is 0 Å². The monoisotopic (exact) mass is 453 g/mol. The molecule has 0 aliphatic rings. The van der Waals surface area contributed by atoms with Crippen molar-refractivity contribution >= 4 is 34.5 Å². The maximum atomic E-state index is 12.8. The van der Waals surface area contributed by atoms with Gasteiger partial charge in [-0.05, 0) is 16.7 Å². The molecule has 3 nitrogen and oxygen atoms in total. The standard InChI is InChI=1S/C25H24FNO2S2/c1-19(28)27-23(24(29)30-18-26)17-31-25(20-11-5-2-6-12-20,21-13-7-3-8-14-21)22-15-9-4-10-16-22/h2-16,23H,17-18H2,1H3,(H,27,28). The van der Waals surface area contributed by atoms with Crippen molar-refractivity contribution in [2.45, 2.75) is 17.7 Å². The quantitative estimate of drug-likeness (QED) is 0.441. The van der Waals surface area contributed by atoms with Gasteiger partial charge in [-0.2, -0.15) is 0 Å². The summed E-state index contributed by atoms with van der Waals surface area (Å²) in [6.07, 6.45) is 0. The van der Waals surface area contributed by atoms with Crippen molar-refractivity contribution in [3.05, 3.63) is 108 Å². The molecule has 1 amide bonds. The minimum Gasteiger partial charge on any atom is -0.345 e. The van der Waals surface area contributed by atoms with Crippen molar-refractivity contribution < 1.29 is 14.0 Å². The summed E-state index contributed by atoms with van der Waals surface area (Å²) in [4.78, 5) is 24.2. The predicted molar refractivity (Wildman–Crippen MR) is 128 cm³/mol. The molecule has 6 heteroatoms. The number of alkyl halides is 1.